The van der Waals surface area contributed by atoms with Crippen LogP contribution >= 0.6 is 31.9 Å². The third-order valence-electron chi connectivity index (χ3n) is 2.87. The van der Waals surface area contributed by atoms with Crippen molar-refractivity contribution in [1.29, 1.82) is 0 Å². The lowest BCUT2D eigenvalue weighted by Crippen LogP contribution is -2.51. The number of ether oxygens (including phenoxy) is 2. The van der Waals surface area contributed by atoms with E-state index in [9.17, 15) is 10.1 Å². The first-order chi connectivity index (χ1) is 8.54. The molecular weight excluding hydrogens is 370 g/mol. The standard InChI is InChI=1S/C11H11Br2NO4/c1-17-11-6(12)5-9(11)18-8-4-2-3-7(10(8)13)14(15)16/h2-4,6,9,11H,5H2,1H3. The molecule has 1 aliphatic rings. The summed E-state index contributed by atoms with van der Waals surface area (Å²) in [4.78, 5) is 10.6. The minimum Gasteiger partial charge on any atom is -0.486 e. The summed E-state index contributed by atoms with van der Waals surface area (Å²) in [5.41, 5.74) is -0.00353. The fourth-order valence-corrected chi connectivity index (χ4v) is 3.26. The summed E-state index contributed by atoms with van der Waals surface area (Å²) >= 11 is 6.67. The lowest BCUT2D eigenvalue weighted by atomic mass is 9.91. The Bertz CT molecular complexity index is 468. The molecule has 0 N–H and O–H groups in total. The summed E-state index contributed by atoms with van der Waals surface area (Å²) in [6.07, 6.45) is 0.696. The molecule has 1 fully saturated rings. The van der Waals surface area contributed by atoms with Gasteiger partial charge in [-0.25, -0.2) is 0 Å². The number of benzene rings is 1. The molecule has 1 aliphatic carbocycles. The van der Waals surface area contributed by atoms with Crippen molar-refractivity contribution in [1.82, 2.24) is 0 Å². The maximum absolute atomic E-state index is 10.8. The highest BCUT2D eigenvalue weighted by molar-refractivity contribution is 9.10. The number of nitrogens with zero attached hydrogens (tertiary/aromatic N) is 1. The highest BCUT2D eigenvalue weighted by atomic mass is 79.9. The summed E-state index contributed by atoms with van der Waals surface area (Å²) in [6.45, 7) is 0. The number of nitro groups is 1. The molecule has 0 aromatic heterocycles. The van der Waals surface area contributed by atoms with Crippen molar-refractivity contribution in [2.24, 2.45) is 0 Å². The highest BCUT2D eigenvalue weighted by Gasteiger charge is 2.42. The molecule has 1 aromatic carbocycles. The van der Waals surface area contributed by atoms with Gasteiger partial charge in [0.25, 0.3) is 5.69 Å². The summed E-state index contributed by atoms with van der Waals surface area (Å²) in [7, 11) is 1.62. The summed E-state index contributed by atoms with van der Waals surface area (Å²) in [5, 5.41) is 10.8. The maximum atomic E-state index is 10.8. The van der Waals surface area contributed by atoms with Gasteiger partial charge in [-0.1, -0.05) is 22.0 Å². The summed E-state index contributed by atoms with van der Waals surface area (Å²) in [6, 6.07) is 4.73. The van der Waals surface area contributed by atoms with Crippen LogP contribution in [0.2, 0.25) is 0 Å². The largest absolute Gasteiger partial charge is 0.486 e. The van der Waals surface area contributed by atoms with E-state index in [0.29, 0.717) is 10.2 Å². The van der Waals surface area contributed by atoms with Gasteiger partial charge in [-0.3, -0.25) is 10.1 Å². The van der Waals surface area contributed by atoms with E-state index in [-0.39, 0.29) is 22.7 Å². The van der Waals surface area contributed by atoms with Gasteiger partial charge in [0.15, 0.2) is 0 Å². The van der Waals surface area contributed by atoms with Gasteiger partial charge in [0.05, 0.1) is 4.92 Å². The van der Waals surface area contributed by atoms with Crippen LogP contribution in [-0.2, 0) is 4.74 Å². The second kappa shape index (κ2) is 5.54. The molecular formula is C11H11Br2NO4. The lowest BCUT2D eigenvalue weighted by molar-refractivity contribution is -0.385. The molecule has 0 amide bonds. The van der Waals surface area contributed by atoms with Gasteiger partial charge in [-0.15, -0.1) is 0 Å². The molecule has 1 aromatic rings. The molecule has 3 atom stereocenters. The monoisotopic (exact) mass is 379 g/mol. The predicted molar refractivity (Wildman–Crippen MR) is 73.3 cm³/mol. The lowest BCUT2D eigenvalue weighted by Gasteiger charge is -2.40. The Morgan fingerprint density at radius 1 is 1.50 bits per heavy atom. The topological polar surface area (TPSA) is 61.6 Å². The van der Waals surface area contributed by atoms with Crippen LogP contribution in [0.25, 0.3) is 0 Å². The van der Waals surface area contributed by atoms with Crippen molar-refractivity contribution in [2.45, 2.75) is 23.5 Å². The Labute approximate surface area is 121 Å². The Balaban J connectivity index is 2.15. The first-order valence-electron chi connectivity index (χ1n) is 5.31. The van der Waals surface area contributed by atoms with E-state index < -0.39 is 4.92 Å². The zero-order valence-corrected chi connectivity index (χ0v) is 12.7. The minimum absolute atomic E-state index is 0.00353. The number of nitro benzene ring substituents is 1. The van der Waals surface area contributed by atoms with Crippen LogP contribution in [0, 0.1) is 10.1 Å². The van der Waals surface area contributed by atoms with Crippen LogP contribution in [0.15, 0.2) is 22.7 Å². The molecule has 3 unspecified atom stereocenters. The number of methoxy groups -OCH3 is 1. The zero-order chi connectivity index (χ0) is 13.3. The molecule has 0 radical (unpaired) electrons. The molecule has 0 bridgehead atoms. The quantitative estimate of drug-likeness (QED) is 0.456. The zero-order valence-electron chi connectivity index (χ0n) is 9.51. The molecule has 98 valence electrons. The molecule has 7 heteroatoms. The first kappa shape index (κ1) is 13.8. The van der Waals surface area contributed by atoms with Crippen molar-refractivity contribution in [3.05, 3.63) is 32.8 Å². The van der Waals surface area contributed by atoms with Crippen molar-refractivity contribution in [3.63, 3.8) is 0 Å². The molecule has 0 saturated heterocycles. The van der Waals surface area contributed by atoms with Crippen LogP contribution in [-0.4, -0.2) is 29.1 Å². The van der Waals surface area contributed by atoms with Crippen LogP contribution < -0.4 is 4.74 Å². The smallest absolute Gasteiger partial charge is 0.287 e. The molecule has 0 heterocycles. The fraction of sp³-hybridized carbons (Fsp3) is 0.455. The number of hydrogen-bond acceptors (Lipinski definition) is 4. The highest BCUT2D eigenvalue weighted by Crippen LogP contribution is 2.39. The average Bonchev–Trinajstić information content (AvgIpc) is 2.30. The number of alkyl halides is 1. The van der Waals surface area contributed by atoms with Crippen LogP contribution in [0.1, 0.15) is 6.42 Å². The van der Waals surface area contributed by atoms with Crippen LogP contribution in [0.3, 0.4) is 0 Å². The minimum atomic E-state index is -0.446. The molecule has 2 rings (SSSR count). The van der Waals surface area contributed by atoms with Gasteiger partial charge in [0.1, 0.15) is 22.4 Å². The summed E-state index contributed by atoms with van der Waals surface area (Å²) in [5.74, 6) is 0.468. The van der Waals surface area contributed by atoms with Crippen LogP contribution in [0.4, 0.5) is 5.69 Å². The van der Waals surface area contributed by atoms with Crippen molar-refractivity contribution >= 4 is 37.5 Å². The fourth-order valence-electron chi connectivity index (χ4n) is 1.84. The molecule has 0 spiro atoms. The normalized spacial score (nSPS) is 26.5. The van der Waals surface area contributed by atoms with Gasteiger partial charge in [-0.05, 0) is 22.0 Å². The SMILES string of the molecule is COC1C(Br)CC1Oc1cccc([N+](=O)[O-])c1Br. The Morgan fingerprint density at radius 2 is 2.22 bits per heavy atom. The van der Waals surface area contributed by atoms with Crippen molar-refractivity contribution < 1.29 is 14.4 Å². The van der Waals surface area contributed by atoms with Crippen molar-refractivity contribution in [3.8, 4) is 5.75 Å². The number of rotatable bonds is 4. The maximum Gasteiger partial charge on any atom is 0.287 e. The van der Waals surface area contributed by atoms with Gasteiger partial charge < -0.3 is 9.47 Å². The van der Waals surface area contributed by atoms with E-state index in [1.165, 1.54) is 6.07 Å². The van der Waals surface area contributed by atoms with Crippen LogP contribution in [0.5, 0.6) is 5.75 Å². The van der Waals surface area contributed by atoms with Gasteiger partial charge in [-0.2, -0.15) is 0 Å². The predicted octanol–water partition coefficient (Wildman–Crippen LogP) is 3.29. The van der Waals surface area contributed by atoms with E-state index in [2.05, 4.69) is 31.9 Å². The Kier molecular flexibility index (Phi) is 4.24. The van der Waals surface area contributed by atoms with Gasteiger partial charge in [0.2, 0.25) is 0 Å². The van der Waals surface area contributed by atoms with Crippen molar-refractivity contribution in [2.75, 3.05) is 7.11 Å². The average molecular weight is 381 g/mol. The van der Waals surface area contributed by atoms with E-state index in [1.807, 2.05) is 0 Å². The molecule has 0 aliphatic heterocycles. The first-order valence-corrected chi connectivity index (χ1v) is 7.02. The third-order valence-corrected chi connectivity index (χ3v) is 4.56. The van der Waals surface area contributed by atoms with E-state index in [0.717, 1.165) is 6.42 Å². The second-order valence-corrected chi connectivity index (χ2v) is 5.92. The van der Waals surface area contributed by atoms with Gasteiger partial charge in [0, 0.05) is 24.4 Å². The molecule has 5 nitrogen and oxygen atoms in total. The third kappa shape index (κ3) is 2.53. The molecule has 1 saturated carbocycles. The molecule has 18 heavy (non-hydrogen) atoms. The second-order valence-electron chi connectivity index (χ2n) is 3.95. The summed E-state index contributed by atoms with van der Waals surface area (Å²) < 4.78 is 11.4. The Hall–Kier alpha value is -0.660. The number of hydrogen-bond donors (Lipinski definition) is 0. The Morgan fingerprint density at radius 3 is 2.78 bits per heavy atom. The van der Waals surface area contributed by atoms with E-state index in [1.54, 1.807) is 19.2 Å². The number of halogens is 2. The van der Waals surface area contributed by atoms with Gasteiger partial charge >= 0.3 is 0 Å². The van der Waals surface area contributed by atoms with E-state index in [4.69, 9.17) is 9.47 Å². The van der Waals surface area contributed by atoms with E-state index >= 15 is 0 Å².